The average Bonchev–Trinajstić information content (AvgIpc) is 2.43. The van der Waals surface area contributed by atoms with E-state index in [1.165, 1.54) is 13.2 Å². The number of benzene rings is 1. The summed E-state index contributed by atoms with van der Waals surface area (Å²) in [5, 5.41) is 12.1. The molecule has 0 bridgehead atoms. The molecule has 0 aromatic heterocycles. The van der Waals surface area contributed by atoms with E-state index in [2.05, 4.69) is 5.32 Å². The fourth-order valence-electron chi connectivity index (χ4n) is 2.40. The van der Waals surface area contributed by atoms with E-state index in [1.807, 2.05) is 6.07 Å². The molecule has 0 heterocycles. The van der Waals surface area contributed by atoms with E-state index in [4.69, 9.17) is 15.7 Å². The first kappa shape index (κ1) is 13.6. The van der Waals surface area contributed by atoms with E-state index >= 15 is 0 Å². The molecule has 0 radical (unpaired) electrons. The molecule has 3 N–H and O–H groups in total. The summed E-state index contributed by atoms with van der Waals surface area (Å²) in [6.45, 7) is 0. The van der Waals surface area contributed by atoms with Crippen molar-refractivity contribution in [2.45, 2.75) is 37.8 Å². The predicted octanol–water partition coefficient (Wildman–Crippen LogP) is 2.39. The zero-order chi connectivity index (χ0) is 13.8. The summed E-state index contributed by atoms with van der Waals surface area (Å²) in [5.74, 6) is -0.0360. The molecule has 0 unspecified atom stereocenters. The molecule has 1 saturated carbocycles. The molecular formula is C14H18FN3O. The van der Waals surface area contributed by atoms with Crippen LogP contribution in [0.5, 0.6) is 5.75 Å². The minimum Gasteiger partial charge on any atom is -0.495 e. The number of rotatable bonds is 3. The van der Waals surface area contributed by atoms with E-state index in [1.54, 1.807) is 6.07 Å². The van der Waals surface area contributed by atoms with E-state index in [0.717, 1.165) is 25.7 Å². The second-order valence-corrected chi connectivity index (χ2v) is 4.90. The lowest BCUT2D eigenvalue weighted by Crippen LogP contribution is -2.33. The van der Waals surface area contributed by atoms with Gasteiger partial charge in [0, 0.05) is 18.2 Å². The number of nitrogens with one attached hydrogen (secondary N) is 1. The Bertz CT molecular complexity index is 490. The van der Waals surface area contributed by atoms with E-state index in [0.29, 0.717) is 11.4 Å². The number of anilines is 1. The van der Waals surface area contributed by atoms with Crippen molar-refractivity contribution in [2.75, 3.05) is 12.4 Å². The van der Waals surface area contributed by atoms with Crippen LogP contribution in [0.1, 0.15) is 31.2 Å². The van der Waals surface area contributed by atoms with Gasteiger partial charge in [-0.2, -0.15) is 5.26 Å². The third-order valence-electron chi connectivity index (χ3n) is 3.54. The van der Waals surface area contributed by atoms with Crippen molar-refractivity contribution in [1.29, 1.82) is 5.26 Å². The van der Waals surface area contributed by atoms with Crippen LogP contribution in [0.2, 0.25) is 0 Å². The highest BCUT2D eigenvalue weighted by Gasteiger charge is 2.20. The molecule has 1 aliphatic rings. The summed E-state index contributed by atoms with van der Waals surface area (Å²) < 4.78 is 19.0. The van der Waals surface area contributed by atoms with Crippen LogP contribution < -0.4 is 15.8 Å². The van der Waals surface area contributed by atoms with Crippen molar-refractivity contribution in [3.8, 4) is 11.8 Å². The zero-order valence-corrected chi connectivity index (χ0v) is 10.9. The summed E-state index contributed by atoms with van der Waals surface area (Å²) in [5.41, 5.74) is 6.44. The van der Waals surface area contributed by atoms with Crippen LogP contribution in [0.3, 0.4) is 0 Å². The van der Waals surface area contributed by atoms with Crippen molar-refractivity contribution >= 4 is 5.69 Å². The summed E-state index contributed by atoms with van der Waals surface area (Å²) in [6, 6.07) is 5.15. The number of ether oxygens (including phenoxy) is 1. The van der Waals surface area contributed by atoms with Gasteiger partial charge >= 0.3 is 0 Å². The van der Waals surface area contributed by atoms with Gasteiger partial charge < -0.3 is 15.8 Å². The quantitative estimate of drug-likeness (QED) is 0.878. The maximum atomic E-state index is 13.9. The first-order valence-electron chi connectivity index (χ1n) is 6.43. The standard InChI is InChI=1S/C14H18FN3O/c1-19-14-7-13(12(15)6-9(14)8-16)18-11-4-2-10(17)3-5-11/h6-7,10-11,18H,2-5,17H2,1H3. The predicted molar refractivity (Wildman–Crippen MR) is 71.5 cm³/mol. The smallest absolute Gasteiger partial charge is 0.147 e. The summed E-state index contributed by atoms with van der Waals surface area (Å²) in [7, 11) is 1.47. The lowest BCUT2D eigenvalue weighted by atomic mass is 9.91. The number of nitriles is 1. The van der Waals surface area contributed by atoms with Crippen LogP contribution >= 0.6 is 0 Å². The number of methoxy groups -OCH3 is 1. The first-order valence-corrected chi connectivity index (χ1v) is 6.43. The van der Waals surface area contributed by atoms with Crippen LogP contribution in [0.25, 0.3) is 0 Å². The van der Waals surface area contributed by atoms with E-state index < -0.39 is 5.82 Å². The normalized spacial score (nSPS) is 22.6. The second kappa shape index (κ2) is 5.89. The molecule has 0 atom stereocenters. The van der Waals surface area contributed by atoms with Gasteiger partial charge in [-0.1, -0.05) is 0 Å². The van der Waals surface area contributed by atoms with Crippen molar-refractivity contribution in [3.63, 3.8) is 0 Å². The lowest BCUT2D eigenvalue weighted by Gasteiger charge is -2.28. The van der Waals surface area contributed by atoms with Gasteiger partial charge in [0.25, 0.3) is 0 Å². The molecule has 5 heteroatoms. The minimum absolute atomic E-state index is 0.205. The topological polar surface area (TPSA) is 71.1 Å². The molecule has 0 amide bonds. The molecule has 2 rings (SSSR count). The van der Waals surface area contributed by atoms with Crippen LogP contribution in [0, 0.1) is 17.1 Å². The zero-order valence-electron chi connectivity index (χ0n) is 10.9. The largest absolute Gasteiger partial charge is 0.495 e. The Morgan fingerprint density at radius 1 is 1.37 bits per heavy atom. The van der Waals surface area contributed by atoms with E-state index in [9.17, 15) is 4.39 Å². The van der Waals surface area contributed by atoms with Crippen molar-refractivity contribution < 1.29 is 9.13 Å². The fraction of sp³-hybridized carbons (Fsp3) is 0.500. The van der Waals surface area contributed by atoms with Gasteiger partial charge in [0.1, 0.15) is 17.6 Å². The molecular weight excluding hydrogens is 245 g/mol. The van der Waals surface area contributed by atoms with E-state index in [-0.39, 0.29) is 17.6 Å². The highest BCUT2D eigenvalue weighted by molar-refractivity contribution is 5.57. The van der Waals surface area contributed by atoms with Crippen LogP contribution in [0.4, 0.5) is 10.1 Å². The van der Waals surface area contributed by atoms with Gasteiger partial charge in [-0.15, -0.1) is 0 Å². The average molecular weight is 263 g/mol. The van der Waals surface area contributed by atoms with Crippen LogP contribution in [-0.4, -0.2) is 19.2 Å². The first-order chi connectivity index (χ1) is 9.13. The third-order valence-corrected chi connectivity index (χ3v) is 3.54. The monoisotopic (exact) mass is 263 g/mol. The van der Waals surface area contributed by atoms with Gasteiger partial charge in [-0.05, 0) is 31.7 Å². The number of hydrogen-bond acceptors (Lipinski definition) is 4. The minimum atomic E-state index is -0.424. The maximum Gasteiger partial charge on any atom is 0.147 e. The lowest BCUT2D eigenvalue weighted by molar-refractivity contribution is 0.406. The fourth-order valence-corrected chi connectivity index (χ4v) is 2.40. The van der Waals surface area contributed by atoms with Crippen LogP contribution in [0.15, 0.2) is 12.1 Å². The van der Waals surface area contributed by atoms with Crippen molar-refractivity contribution in [2.24, 2.45) is 5.73 Å². The highest BCUT2D eigenvalue weighted by Crippen LogP contribution is 2.28. The summed E-state index contributed by atoms with van der Waals surface area (Å²) in [6.07, 6.45) is 3.77. The second-order valence-electron chi connectivity index (χ2n) is 4.90. The number of halogens is 1. The Hall–Kier alpha value is -1.80. The summed E-state index contributed by atoms with van der Waals surface area (Å²) >= 11 is 0. The highest BCUT2D eigenvalue weighted by atomic mass is 19.1. The molecule has 1 fully saturated rings. The Morgan fingerprint density at radius 2 is 2.05 bits per heavy atom. The molecule has 102 valence electrons. The number of nitrogens with zero attached hydrogens (tertiary/aromatic N) is 1. The Kier molecular flexibility index (Phi) is 4.23. The SMILES string of the molecule is COc1cc(NC2CCC(N)CC2)c(F)cc1C#N. The molecule has 0 aliphatic heterocycles. The number of nitrogens with two attached hydrogens (primary N) is 1. The van der Waals surface area contributed by atoms with Gasteiger partial charge in [-0.3, -0.25) is 0 Å². The Balaban J connectivity index is 2.14. The molecule has 0 spiro atoms. The van der Waals surface area contributed by atoms with Gasteiger partial charge in [-0.25, -0.2) is 4.39 Å². The van der Waals surface area contributed by atoms with Crippen molar-refractivity contribution in [1.82, 2.24) is 0 Å². The molecule has 1 aromatic rings. The molecule has 4 nitrogen and oxygen atoms in total. The van der Waals surface area contributed by atoms with Gasteiger partial charge in [0.2, 0.25) is 0 Å². The number of hydrogen-bond donors (Lipinski definition) is 2. The molecule has 19 heavy (non-hydrogen) atoms. The van der Waals surface area contributed by atoms with Gasteiger partial charge in [0.15, 0.2) is 0 Å². The third kappa shape index (κ3) is 3.15. The summed E-state index contributed by atoms with van der Waals surface area (Å²) in [4.78, 5) is 0. The maximum absolute atomic E-state index is 13.9. The molecule has 1 aromatic carbocycles. The molecule has 1 aliphatic carbocycles. The Morgan fingerprint density at radius 3 is 2.63 bits per heavy atom. The molecule has 0 saturated heterocycles. The van der Waals surface area contributed by atoms with Crippen LogP contribution in [-0.2, 0) is 0 Å². The van der Waals surface area contributed by atoms with Gasteiger partial charge in [0.05, 0.1) is 18.4 Å². The van der Waals surface area contributed by atoms with Crippen molar-refractivity contribution in [3.05, 3.63) is 23.5 Å². The Labute approximate surface area is 112 Å².